The first-order valence-corrected chi connectivity index (χ1v) is 4.51. The van der Waals surface area contributed by atoms with Crippen molar-refractivity contribution in [3.8, 4) is 0 Å². The Morgan fingerprint density at radius 1 is 1.50 bits per heavy atom. The molecule has 12 heavy (non-hydrogen) atoms. The third kappa shape index (κ3) is 2.34. The van der Waals surface area contributed by atoms with Crippen LogP contribution in [0.5, 0.6) is 0 Å². The normalized spacial score (nSPS) is 10.5. The predicted molar refractivity (Wildman–Crippen MR) is 47.9 cm³/mol. The molecule has 0 amide bonds. The molecule has 0 aromatic carbocycles. The summed E-state index contributed by atoms with van der Waals surface area (Å²) in [5, 5.41) is 3.78. The van der Waals surface area contributed by atoms with Crippen molar-refractivity contribution in [2.24, 2.45) is 5.73 Å². The Hall–Kier alpha value is -0.830. The molecule has 1 heterocycles. The van der Waals surface area contributed by atoms with Gasteiger partial charge in [-0.1, -0.05) is 18.5 Å². The second-order valence-electron chi connectivity index (χ2n) is 2.92. The number of aromatic nitrogens is 1. The molecule has 0 spiro atoms. The Bertz CT molecular complexity index is 220. The molecular formula is C9H16N2O. The third-order valence-electron chi connectivity index (χ3n) is 1.86. The quantitative estimate of drug-likeness (QED) is 0.725. The fraction of sp³-hybridized carbons (Fsp3) is 0.667. The average Bonchev–Trinajstić information content (AvgIpc) is 2.50. The summed E-state index contributed by atoms with van der Waals surface area (Å²) in [5.41, 5.74) is 6.65. The lowest BCUT2D eigenvalue weighted by atomic mass is 10.1. The maximum absolute atomic E-state index is 5.41. The fourth-order valence-corrected chi connectivity index (χ4v) is 1.23. The molecule has 0 radical (unpaired) electrons. The van der Waals surface area contributed by atoms with Crippen molar-refractivity contribution in [1.82, 2.24) is 5.16 Å². The summed E-state index contributed by atoms with van der Waals surface area (Å²) in [4.78, 5) is 0. The molecule has 1 rings (SSSR count). The van der Waals surface area contributed by atoms with Crippen LogP contribution < -0.4 is 5.73 Å². The van der Waals surface area contributed by atoms with Gasteiger partial charge in [0.25, 0.3) is 0 Å². The lowest BCUT2D eigenvalue weighted by Crippen LogP contribution is -2.00. The Labute approximate surface area is 72.9 Å². The number of nitrogens with zero attached hydrogens (tertiary/aromatic N) is 1. The molecule has 0 saturated carbocycles. The SMILES string of the molecule is CCCc1cnoc1CCCN. The van der Waals surface area contributed by atoms with Crippen LogP contribution in [0.1, 0.15) is 31.1 Å². The van der Waals surface area contributed by atoms with Gasteiger partial charge in [0.1, 0.15) is 5.76 Å². The minimum atomic E-state index is 0.715. The van der Waals surface area contributed by atoms with Crippen molar-refractivity contribution in [2.45, 2.75) is 32.6 Å². The summed E-state index contributed by atoms with van der Waals surface area (Å²) in [6.07, 6.45) is 5.91. The van der Waals surface area contributed by atoms with Gasteiger partial charge in [-0.3, -0.25) is 0 Å². The van der Waals surface area contributed by atoms with Crippen LogP contribution in [0, 0.1) is 0 Å². The summed E-state index contributed by atoms with van der Waals surface area (Å²) < 4.78 is 5.11. The molecule has 0 aliphatic rings. The van der Waals surface area contributed by atoms with Gasteiger partial charge >= 0.3 is 0 Å². The van der Waals surface area contributed by atoms with E-state index in [1.165, 1.54) is 5.56 Å². The van der Waals surface area contributed by atoms with E-state index in [9.17, 15) is 0 Å². The summed E-state index contributed by atoms with van der Waals surface area (Å²) in [7, 11) is 0. The number of nitrogens with two attached hydrogens (primary N) is 1. The van der Waals surface area contributed by atoms with Crippen LogP contribution >= 0.6 is 0 Å². The first-order valence-electron chi connectivity index (χ1n) is 4.51. The standard InChI is InChI=1S/C9H16N2O/c1-2-4-8-7-11-12-9(8)5-3-6-10/h7H,2-6,10H2,1H3. The molecule has 1 aromatic rings. The fourth-order valence-electron chi connectivity index (χ4n) is 1.23. The number of aryl methyl sites for hydroxylation is 2. The molecule has 2 N–H and O–H groups in total. The van der Waals surface area contributed by atoms with Gasteiger partial charge in [-0.05, 0) is 19.4 Å². The first-order chi connectivity index (χ1) is 5.88. The van der Waals surface area contributed by atoms with Crippen LogP contribution in [0.15, 0.2) is 10.7 Å². The summed E-state index contributed by atoms with van der Waals surface area (Å²) >= 11 is 0. The summed E-state index contributed by atoms with van der Waals surface area (Å²) in [6, 6.07) is 0. The van der Waals surface area contributed by atoms with Gasteiger partial charge in [-0.15, -0.1) is 0 Å². The van der Waals surface area contributed by atoms with E-state index < -0.39 is 0 Å². The first kappa shape index (κ1) is 9.26. The Balaban J connectivity index is 2.51. The minimum absolute atomic E-state index is 0.715. The Kier molecular flexibility index (Phi) is 3.80. The number of hydrogen-bond acceptors (Lipinski definition) is 3. The largest absolute Gasteiger partial charge is 0.361 e. The van der Waals surface area contributed by atoms with Crippen molar-refractivity contribution < 1.29 is 4.52 Å². The zero-order valence-electron chi connectivity index (χ0n) is 7.55. The Morgan fingerprint density at radius 3 is 3.00 bits per heavy atom. The van der Waals surface area contributed by atoms with Crippen LogP contribution in [-0.4, -0.2) is 11.7 Å². The van der Waals surface area contributed by atoms with Crippen LogP contribution in [0.4, 0.5) is 0 Å². The molecule has 3 nitrogen and oxygen atoms in total. The van der Waals surface area contributed by atoms with E-state index >= 15 is 0 Å². The maximum Gasteiger partial charge on any atom is 0.139 e. The van der Waals surface area contributed by atoms with Gasteiger partial charge in [0.05, 0.1) is 6.20 Å². The summed E-state index contributed by atoms with van der Waals surface area (Å²) in [6.45, 7) is 2.87. The highest BCUT2D eigenvalue weighted by Gasteiger charge is 2.05. The molecule has 0 aliphatic carbocycles. The topological polar surface area (TPSA) is 52.0 Å². The molecule has 0 fully saturated rings. The molecule has 1 aromatic heterocycles. The van der Waals surface area contributed by atoms with E-state index in [2.05, 4.69) is 12.1 Å². The van der Waals surface area contributed by atoms with Crippen LogP contribution in [-0.2, 0) is 12.8 Å². The Morgan fingerprint density at radius 2 is 2.33 bits per heavy atom. The van der Waals surface area contributed by atoms with Crippen molar-refractivity contribution >= 4 is 0 Å². The van der Waals surface area contributed by atoms with Crippen LogP contribution in [0.3, 0.4) is 0 Å². The van der Waals surface area contributed by atoms with Gasteiger partial charge in [0, 0.05) is 12.0 Å². The van der Waals surface area contributed by atoms with Crippen molar-refractivity contribution in [1.29, 1.82) is 0 Å². The van der Waals surface area contributed by atoms with E-state index in [-0.39, 0.29) is 0 Å². The van der Waals surface area contributed by atoms with Crippen LogP contribution in [0.25, 0.3) is 0 Å². The maximum atomic E-state index is 5.41. The van der Waals surface area contributed by atoms with Gasteiger partial charge in [-0.2, -0.15) is 0 Å². The van der Waals surface area contributed by atoms with Gasteiger partial charge in [-0.25, -0.2) is 0 Å². The van der Waals surface area contributed by atoms with Gasteiger partial charge in [0.2, 0.25) is 0 Å². The molecule has 68 valence electrons. The predicted octanol–water partition coefficient (Wildman–Crippen LogP) is 1.52. The molecule has 0 aliphatic heterocycles. The zero-order valence-corrected chi connectivity index (χ0v) is 7.55. The monoisotopic (exact) mass is 168 g/mol. The summed E-state index contributed by atoms with van der Waals surface area (Å²) in [5.74, 6) is 1.02. The highest BCUT2D eigenvalue weighted by Crippen LogP contribution is 2.11. The molecule has 3 heteroatoms. The van der Waals surface area contributed by atoms with Gasteiger partial charge < -0.3 is 10.3 Å². The van der Waals surface area contributed by atoms with E-state index in [1.807, 2.05) is 6.20 Å². The van der Waals surface area contributed by atoms with E-state index in [0.717, 1.165) is 31.4 Å². The number of hydrogen-bond donors (Lipinski definition) is 1. The second kappa shape index (κ2) is 4.93. The van der Waals surface area contributed by atoms with E-state index in [1.54, 1.807) is 0 Å². The molecule has 0 unspecified atom stereocenters. The highest BCUT2D eigenvalue weighted by molar-refractivity contribution is 5.13. The van der Waals surface area contributed by atoms with E-state index in [4.69, 9.17) is 10.3 Å². The van der Waals surface area contributed by atoms with Crippen LogP contribution in [0.2, 0.25) is 0 Å². The molecule has 0 saturated heterocycles. The molecular weight excluding hydrogens is 152 g/mol. The molecule has 0 atom stereocenters. The average molecular weight is 168 g/mol. The minimum Gasteiger partial charge on any atom is -0.361 e. The second-order valence-corrected chi connectivity index (χ2v) is 2.92. The molecule has 0 bridgehead atoms. The smallest absolute Gasteiger partial charge is 0.139 e. The number of rotatable bonds is 5. The van der Waals surface area contributed by atoms with E-state index in [0.29, 0.717) is 6.54 Å². The van der Waals surface area contributed by atoms with Crippen molar-refractivity contribution in [2.75, 3.05) is 6.54 Å². The highest BCUT2D eigenvalue weighted by atomic mass is 16.5. The van der Waals surface area contributed by atoms with Gasteiger partial charge in [0.15, 0.2) is 0 Å². The lowest BCUT2D eigenvalue weighted by Gasteiger charge is -1.96. The lowest BCUT2D eigenvalue weighted by molar-refractivity contribution is 0.379. The van der Waals surface area contributed by atoms with Crippen molar-refractivity contribution in [3.63, 3.8) is 0 Å². The third-order valence-corrected chi connectivity index (χ3v) is 1.86. The van der Waals surface area contributed by atoms with Crippen molar-refractivity contribution in [3.05, 3.63) is 17.5 Å². The zero-order chi connectivity index (χ0) is 8.81.